The third-order valence-corrected chi connectivity index (χ3v) is 6.86. The maximum atomic E-state index is 13.2. The second kappa shape index (κ2) is 10.4. The number of anilines is 3. The van der Waals surface area contributed by atoms with Crippen molar-refractivity contribution < 1.29 is 4.74 Å². The molecule has 1 N–H and O–H groups in total. The van der Waals surface area contributed by atoms with E-state index in [-0.39, 0.29) is 23.7 Å². The molecule has 1 aliphatic rings. The molecule has 39 heavy (non-hydrogen) atoms. The molecular formula is C27H33N9O3. The zero-order valence-corrected chi connectivity index (χ0v) is 22.8. The summed E-state index contributed by atoms with van der Waals surface area (Å²) in [4.78, 5) is 39.1. The van der Waals surface area contributed by atoms with Crippen LogP contribution in [0, 0.1) is 0 Å². The number of benzene rings is 1. The van der Waals surface area contributed by atoms with Gasteiger partial charge in [-0.05, 0) is 46.1 Å². The predicted octanol–water partition coefficient (Wildman–Crippen LogP) is 2.41. The van der Waals surface area contributed by atoms with Crippen molar-refractivity contribution in [1.82, 2.24) is 34.0 Å². The van der Waals surface area contributed by atoms with E-state index in [4.69, 9.17) is 4.74 Å². The highest BCUT2D eigenvalue weighted by Crippen LogP contribution is 2.35. The van der Waals surface area contributed by atoms with E-state index in [0.717, 1.165) is 30.2 Å². The predicted molar refractivity (Wildman–Crippen MR) is 152 cm³/mol. The van der Waals surface area contributed by atoms with Crippen LogP contribution in [-0.4, -0.2) is 74.3 Å². The molecule has 0 spiro atoms. The third-order valence-electron chi connectivity index (χ3n) is 6.86. The molecule has 5 rings (SSSR count). The number of ether oxygens (including phenoxy) is 1. The molecule has 0 amide bonds. The van der Waals surface area contributed by atoms with E-state index in [1.54, 1.807) is 23.9 Å². The van der Waals surface area contributed by atoms with Gasteiger partial charge in [-0.15, -0.1) is 11.7 Å². The van der Waals surface area contributed by atoms with Crippen molar-refractivity contribution in [2.75, 3.05) is 44.5 Å². The lowest BCUT2D eigenvalue weighted by Crippen LogP contribution is -2.57. The topological polar surface area (TPSA) is 115 Å². The summed E-state index contributed by atoms with van der Waals surface area (Å²) in [6.07, 6.45) is 3.11. The molecule has 12 heteroatoms. The molecule has 0 radical (unpaired) electrons. The first-order valence-electron chi connectivity index (χ1n) is 12.8. The van der Waals surface area contributed by atoms with Crippen molar-refractivity contribution in [3.63, 3.8) is 0 Å². The van der Waals surface area contributed by atoms with E-state index in [0.29, 0.717) is 28.8 Å². The lowest BCUT2D eigenvalue weighted by Gasteiger charge is -2.44. The van der Waals surface area contributed by atoms with Crippen LogP contribution in [0.4, 0.5) is 17.3 Å². The summed E-state index contributed by atoms with van der Waals surface area (Å²) in [5.41, 5.74) is 1.62. The number of methoxy groups -OCH3 is 1. The van der Waals surface area contributed by atoms with E-state index >= 15 is 0 Å². The Labute approximate surface area is 225 Å². The van der Waals surface area contributed by atoms with Crippen LogP contribution in [-0.2, 0) is 6.54 Å². The van der Waals surface area contributed by atoms with E-state index in [9.17, 15) is 9.59 Å². The van der Waals surface area contributed by atoms with Crippen molar-refractivity contribution in [3.8, 4) is 11.6 Å². The summed E-state index contributed by atoms with van der Waals surface area (Å²) in [6, 6.07) is 9.24. The number of hydrogen-bond donors (Lipinski definition) is 1. The summed E-state index contributed by atoms with van der Waals surface area (Å²) in [6.45, 7) is 9.62. The molecule has 4 aromatic rings. The molecule has 0 bridgehead atoms. The Balaban J connectivity index is 1.53. The Kier molecular flexibility index (Phi) is 6.96. The lowest BCUT2D eigenvalue weighted by atomic mass is 10.1. The molecule has 4 heterocycles. The molecule has 3 aromatic heterocycles. The van der Waals surface area contributed by atoms with Crippen LogP contribution in [0.5, 0.6) is 5.75 Å². The molecule has 0 saturated carbocycles. The van der Waals surface area contributed by atoms with Crippen molar-refractivity contribution >= 4 is 28.4 Å². The van der Waals surface area contributed by atoms with Gasteiger partial charge in [0.15, 0.2) is 11.5 Å². The first-order chi connectivity index (χ1) is 18.7. The van der Waals surface area contributed by atoms with Crippen LogP contribution >= 0.6 is 0 Å². The highest BCUT2D eigenvalue weighted by atomic mass is 16.5. The first-order valence-corrected chi connectivity index (χ1v) is 12.8. The average Bonchev–Trinajstić information content (AvgIpc) is 3.14. The number of nitrogens with one attached hydrogen (secondary N) is 1. The number of rotatable bonds is 9. The largest absolute Gasteiger partial charge is 0.495 e. The summed E-state index contributed by atoms with van der Waals surface area (Å²) in [5, 5.41) is 8.06. The monoisotopic (exact) mass is 531 g/mol. The number of nitrogens with zero attached hydrogens (tertiary/aromatic N) is 8. The van der Waals surface area contributed by atoms with E-state index < -0.39 is 0 Å². The van der Waals surface area contributed by atoms with E-state index in [1.165, 1.54) is 21.6 Å². The van der Waals surface area contributed by atoms with Crippen LogP contribution in [0.25, 0.3) is 16.9 Å². The van der Waals surface area contributed by atoms with Gasteiger partial charge in [0.05, 0.1) is 25.4 Å². The maximum Gasteiger partial charge on any atom is 0.278 e. The van der Waals surface area contributed by atoms with E-state index in [2.05, 4.69) is 50.9 Å². The number of fused-ring (bicyclic) bond motifs is 1. The molecule has 1 aliphatic heterocycles. The minimum Gasteiger partial charge on any atom is -0.495 e. The van der Waals surface area contributed by atoms with Gasteiger partial charge in [0.1, 0.15) is 11.1 Å². The smallest absolute Gasteiger partial charge is 0.278 e. The van der Waals surface area contributed by atoms with Crippen molar-refractivity contribution in [2.45, 2.75) is 32.5 Å². The second-order valence-corrected chi connectivity index (χ2v) is 10.0. The van der Waals surface area contributed by atoms with Crippen LogP contribution in [0.15, 0.2) is 58.8 Å². The Bertz CT molecular complexity index is 1640. The van der Waals surface area contributed by atoms with Gasteiger partial charge >= 0.3 is 0 Å². The average molecular weight is 532 g/mol. The Hall–Kier alpha value is -4.45. The number of aromatic nitrogens is 6. The minimum absolute atomic E-state index is 0.159. The van der Waals surface area contributed by atoms with Gasteiger partial charge in [-0.3, -0.25) is 9.59 Å². The Morgan fingerprint density at radius 3 is 2.64 bits per heavy atom. The van der Waals surface area contributed by atoms with Gasteiger partial charge in [-0.25, -0.2) is 19.0 Å². The fourth-order valence-electron chi connectivity index (χ4n) is 4.63. The standard InChI is InChI=1S/C27H33N9O3/c1-7-12-34-26(38)20-14-28-27(30-25(20)36(34)23-10-11-24(37)35(31-23)17(2)3)29-18-8-9-21(22(13-18)39-6)33-15-19(16-33)32(4)5/h7-11,13-14,17,19H,1,12,15-16H2,2-6H3,(H,28,29,30). The third kappa shape index (κ3) is 4.78. The van der Waals surface area contributed by atoms with Crippen LogP contribution < -0.4 is 26.1 Å². The SMILES string of the molecule is C=CCn1c(=O)c2cnc(Nc3ccc(N4CC(N(C)C)C4)c(OC)c3)nc2n1-c1ccc(=O)n(C(C)C)n1. The van der Waals surface area contributed by atoms with Crippen LogP contribution in [0.3, 0.4) is 0 Å². The quantitative estimate of drug-likeness (QED) is 0.325. The second-order valence-electron chi connectivity index (χ2n) is 10.0. The zero-order valence-electron chi connectivity index (χ0n) is 22.8. The number of allylic oxidation sites excluding steroid dienone is 1. The van der Waals surface area contributed by atoms with E-state index in [1.807, 2.05) is 32.0 Å². The maximum absolute atomic E-state index is 13.2. The molecule has 1 aromatic carbocycles. The first kappa shape index (κ1) is 26.2. The summed E-state index contributed by atoms with van der Waals surface area (Å²) in [7, 11) is 5.83. The van der Waals surface area contributed by atoms with Crippen molar-refractivity contribution in [2.24, 2.45) is 0 Å². The zero-order chi connectivity index (χ0) is 27.8. The van der Waals surface area contributed by atoms with Crippen LogP contribution in [0.2, 0.25) is 0 Å². The van der Waals surface area contributed by atoms with Crippen molar-refractivity contribution in [1.29, 1.82) is 0 Å². The molecule has 12 nitrogen and oxygen atoms in total. The van der Waals surface area contributed by atoms with Gasteiger partial charge in [-0.2, -0.15) is 4.98 Å². The summed E-state index contributed by atoms with van der Waals surface area (Å²) >= 11 is 0. The summed E-state index contributed by atoms with van der Waals surface area (Å²) < 4.78 is 10.1. The molecule has 1 fully saturated rings. The van der Waals surface area contributed by atoms with Gasteiger partial charge in [0.2, 0.25) is 5.95 Å². The fraction of sp³-hybridized carbons (Fsp3) is 0.370. The lowest BCUT2D eigenvalue weighted by molar-refractivity contribution is 0.246. The molecule has 0 aliphatic carbocycles. The van der Waals surface area contributed by atoms with Crippen molar-refractivity contribution in [3.05, 3.63) is 69.9 Å². The molecule has 1 saturated heterocycles. The Morgan fingerprint density at radius 2 is 1.97 bits per heavy atom. The van der Waals surface area contributed by atoms with Crippen LogP contribution in [0.1, 0.15) is 19.9 Å². The van der Waals surface area contributed by atoms with Gasteiger partial charge in [0, 0.05) is 43.1 Å². The Morgan fingerprint density at radius 1 is 1.21 bits per heavy atom. The minimum atomic E-state index is -0.280. The summed E-state index contributed by atoms with van der Waals surface area (Å²) in [5.74, 6) is 1.43. The number of likely N-dealkylation sites (N-methyl/N-ethyl adjacent to an activating group) is 1. The molecule has 204 valence electrons. The molecule has 0 atom stereocenters. The molecular weight excluding hydrogens is 498 g/mol. The van der Waals surface area contributed by atoms with Gasteiger partial charge in [-0.1, -0.05) is 6.08 Å². The highest BCUT2D eigenvalue weighted by Gasteiger charge is 2.30. The molecule has 0 unspecified atom stereocenters. The normalized spacial score (nSPS) is 13.8. The number of hydrogen-bond acceptors (Lipinski definition) is 9. The van der Waals surface area contributed by atoms with Gasteiger partial charge < -0.3 is 19.9 Å². The fourth-order valence-corrected chi connectivity index (χ4v) is 4.63. The highest BCUT2D eigenvalue weighted by molar-refractivity contribution is 5.77. The van der Waals surface area contributed by atoms with Gasteiger partial charge in [0.25, 0.3) is 11.1 Å².